The zero-order valence-corrected chi connectivity index (χ0v) is 7.56. The first-order chi connectivity index (χ1) is 6.61. The third-order valence-corrected chi connectivity index (χ3v) is 2.10. The molecule has 0 aliphatic rings. The number of carboxylic acid groups (broad SMARTS) is 1. The molecule has 2 aromatic rings. The van der Waals surface area contributed by atoms with Gasteiger partial charge in [-0.05, 0) is 18.6 Å². The number of anilines is 1. The molecule has 0 radical (unpaired) electrons. The van der Waals surface area contributed by atoms with Crippen molar-refractivity contribution >= 4 is 17.3 Å². The molecule has 0 atom stereocenters. The maximum atomic E-state index is 10.9. The lowest BCUT2D eigenvalue weighted by molar-refractivity contribution is 0.0700. The minimum absolute atomic E-state index is 0.0480. The number of nitrogen functional groups attached to an aromatic ring is 1. The highest BCUT2D eigenvalue weighted by molar-refractivity contribution is 6.01. The number of carbonyl (C=O) groups is 1. The lowest BCUT2D eigenvalue weighted by Gasteiger charge is -1.97. The van der Waals surface area contributed by atoms with Crippen LogP contribution < -0.4 is 5.73 Å². The van der Waals surface area contributed by atoms with Crippen molar-refractivity contribution in [3.63, 3.8) is 0 Å². The van der Waals surface area contributed by atoms with Crippen molar-refractivity contribution in [3.8, 4) is 0 Å². The highest BCUT2D eigenvalue weighted by Crippen LogP contribution is 2.20. The van der Waals surface area contributed by atoms with E-state index in [2.05, 4.69) is 5.10 Å². The van der Waals surface area contributed by atoms with E-state index < -0.39 is 5.97 Å². The van der Waals surface area contributed by atoms with Crippen molar-refractivity contribution in [2.45, 2.75) is 6.92 Å². The Morgan fingerprint density at radius 2 is 2.36 bits per heavy atom. The summed E-state index contributed by atoms with van der Waals surface area (Å²) in [7, 11) is 0. The van der Waals surface area contributed by atoms with E-state index >= 15 is 0 Å². The third kappa shape index (κ3) is 1.02. The third-order valence-electron chi connectivity index (χ3n) is 2.10. The Morgan fingerprint density at radius 1 is 1.64 bits per heavy atom. The summed E-state index contributed by atoms with van der Waals surface area (Å²) in [5.74, 6) is -1.00. The summed E-state index contributed by atoms with van der Waals surface area (Å²) in [6.07, 6.45) is 1.67. The van der Waals surface area contributed by atoms with Gasteiger partial charge in [0.2, 0.25) is 0 Å². The summed E-state index contributed by atoms with van der Waals surface area (Å²) in [4.78, 5) is 10.9. The number of hydrogen-bond donors (Lipinski definition) is 2. The average Bonchev–Trinajstić information content (AvgIpc) is 2.42. The minimum Gasteiger partial charge on any atom is -0.477 e. The highest BCUT2D eigenvalue weighted by atomic mass is 16.4. The van der Waals surface area contributed by atoms with Crippen LogP contribution in [0.4, 0.5) is 5.82 Å². The first-order valence-electron chi connectivity index (χ1n) is 4.08. The molecule has 0 spiro atoms. The van der Waals surface area contributed by atoms with Gasteiger partial charge >= 0.3 is 5.97 Å². The fourth-order valence-electron chi connectivity index (χ4n) is 1.50. The fourth-order valence-corrected chi connectivity index (χ4v) is 1.50. The molecule has 0 saturated carbocycles. The van der Waals surface area contributed by atoms with E-state index in [0.717, 1.165) is 5.56 Å². The van der Waals surface area contributed by atoms with Crippen LogP contribution in [0.25, 0.3) is 5.52 Å². The Morgan fingerprint density at radius 3 is 3.00 bits per heavy atom. The maximum Gasteiger partial charge on any atom is 0.341 e. The number of fused-ring (bicyclic) bond motifs is 1. The molecule has 2 heterocycles. The van der Waals surface area contributed by atoms with E-state index in [4.69, 9.17) is 10.8 Å². The predicted octanol–water partition coefficient (Wildman–Crippen LogP) is 0.923. The Labute approximate surface area is 79.8 Å². The van der Waals surface area contributed by atoms with Crippen LogP contribution in [0.15, 0.2) is 18.3 Å². The number of pyridine rings is 1. The van der Waals surface area contributed by atoms with Crippen molar-refractivity contribution in [1.82, 2.24) is 9.61 Å². The number of carboxylic acids is 1. The summed E-state index contributed by atoms with van der Waals surface area (Å²) in [6, 6.07) is 3.61. The van der Waals surface area contributed by atoms with E-state index in [1.165, 1.54) is 4.52 Å². The van der Waals surface area contributed by atoms with Gasteiger partial charge in [-0.1, -0.05) is 6.07 Å². The van der Waals surface area contributed by atoms with E-state index in [1.807, 2.05) is 13.0 Å². The Hall–Kier alpha value is -2.04. The summed E-state index contributed by atoms with van der Waals surface area (Å²) in [6.45, 7) is 1.82. The molecule has 0 fully saturated rings. The van der Waals surface area contributed by atoms with Crippen molar-refractivity contribution in [1.29, 1.82) is 0 Å². The second-order valence-electron chi connectivity index (χ2n) is 3.05. The summed E-state index contributed by atoms with van der Waals surface area (Å²) >= 11 is 0. The van der Waals surface area contributed by atoms with Crippen LogP contribution >= 0.6 is 0 Å². The zero-order chi connectivity index (χ0) is 10.3. The van der Waals surface area contributed by atoms with E-state index in [-0.39, 0.29) is 11.4 Å². The predicted molar refractivity (Wildman–Crippen MR) is 51.3 cm³/mol. The molecule has 0 amide bonds. The van der Waals surface area contributed by atoms with Crippen LogP contribution in [0.5, 0.6) is 0 Å². The van der Waals surface area contributed by atoms with E-state index in [1.54, 1.807) is 12.3 Å². The Balaban J connectivity index is 2.93. The van der Waals surface area contributed by atoms with Crippen molar-refractivity contribution in [3.05, 3.63) is 29.5 Å². The number of aryl methyl sites for hydroxylation is 1. The molecule has 2 aromatic heterocycles. The second kappa shape index (κ2) is 2.73. The zero-order valence-electron chi connectivity index (χ0n) is 7.56. The largest absolute Gasteiger partial charge is 0.477 e. The standard InChI is InChI=1S/C9H9N3O2/c1-5-3-2-4-12-7(5)6(9(13)14)8(10)11-12/h2-4H,1H3,(H2,10,11)(H,13,14). The van der Waals surface area contributed by atoms with Gasteiger partial charge in [0.1, 0.15) is 5.56 Å². The highest BCUT2D eigenvalue weighted by Gasteiger charge is 2.17. The Kier molecular flexibility index (Phi) is 1.67. The van der Waals surface area contributed by atoms with Gasteiger partial charge in [0, 0.05) is 6.20 Å². The lowest BCUT2D eigenvalue weighted by Crippen LogP contribution is -2.00. The SMILES string of the molecule is Cc1cccn2nc(N)c(C(=O)O)c12. The van der Waals surface area contributed by atoms with Gasteiger partial charge in [-0.15, -0.1) is 5.10 Å². The van der Waals surface area contributed by atoms with Crippen molar-refractivity contribution in [2.75, 3.05) is 5.73 Å². The van der Waals surface area contributed by atoms with Gasteiger partial charge in [-0.3, -0.25) is 0 Å². The molecule has 72 valence electrons. The van der Waals surface area contributed by atoms with Crippen LogP contribution in [0.1, 0.15) is 15.9 Å². The molecule has 14 heavy (non-hydrogen) atoms. The lowest BCUT2D eigenvalue weighted by atomic mass is 10.2. The molecule has 3 N–H and O–H groups in total. The molecular weight excluding hydrogens is 182 g/mol. The number of aromatic carboxylic acids is 1. The average molecular weight is 191 g/mol. The van der Waals surface area contributed by atoms with Gasteiger partial charge in [-0.25, -0.2) is 9.31 Å². The smallest absolute Gasteiger partial charge is 0.341 e. The summed E-state index contributed by atoms with van der Waals surface area (Å²) in [5.41, 5.74) is 6.98. The van der Waals surface area contributed by atoms with Crippen LogP contribution in [0.3, 0.4) is 0 Å². The van der Waals surface area contributed by atoms with E-state index in [0.29, 0.717) is 5.52 Å². The van der Waals surface area contributed by atoms with Gasteiger partial charge in [0.25, 0.3) is 0 Å². The van der Waals surface area contributed by atoms with Crippen LogP contribution in [-0.4, -0.2) is 20.7 Å². The first-order valence-corrected chi connectivity index (χ1v) is 4.08. The minimum atomic E-state index is -1.05. The molecule has 0 aromatic carbocycles. The summed E-state index contributed by atoms with van der Waals surface area (Å²) in [5, 5.41) is 12.9. The van der Waals surface area contributed by atoms with E-state index in [9.17, 15) is 4.79 Å². The molecule has 0 saturated heterocycles. The van der Waals surface area contributed by atoms with Gasteiger partial charge in [0.15, 0.2) is 5.82 Å². The second-order valence-corrected chi connectivity index (χ2v) is 3.05. The van der Waals surface area contributed by atoms with Crippen LogP contribution in [0.2, 0.25) is 0 Å². The molecule has 5 heteroatoms. The van der Waals surface area contributed by atoms with Crippen LogP contribution in [0, 0.1) is 6.92 Å². The molecular formula is C9H9N3O2. The van der Waals surface area contributed by atoms with Gasteiger partial charge < -0.3 is 10.8 Å². The molecule has 5 nitrogen and oxygen atoms in total. The normalized spacial score (nSPS) is 10.6. The number of hydrogen-bond acceptors (Lipinski definition) is 3. The molecule has 0 aliphatic heterocycles. The molecule has 0 bridgehead atoms. The van der Waals surface area contributed by atoms with Gasteiger partial charge in [0.05, 0.1) is 5.52 Å². The topological polar surface area (TPSA) is 80.6 Å². The number of nitrogens with two attached hydrogens (primary N) is 1. The number of aromatic nitrogens is 2. The van der Waals surface area contributed by atoms with Crippen molar-refractivity contribution < 1.29 is 9.90 Å². The molecule has 2 rings (SSSR count). The van der Waals surface area contributed by atoms with Crippen molar-refractivity contribution in [2.24, 2.45) is 0 Å². The van der Waals surface area contributed by atoms with Gasteiger partial charge in [-0.2, -0.15) is 0 Å². The number of rotatable bonds is 1. The first kappa shape index (κ1) is 8.55. The summed E-state index contributed by atoms with van der Waals surface area (Å²) < 4.78 is 1.48. The quantitative estimate of drug-likeness (QED) is 0.702. The maximum absolute atomic E-state index is 10.9. The Bertz CT molecular complexity index is 516. The molecule has 0 unspecified atom stereocenters. The fraction of sp³-hybridized carbons (Fsp3) is 0.111. The molecule has 0 aliphatic carbocycles. The van der Waals surface area contributed by atoms with Crippen LogP contribution in [-0.2, 0) is 0 Å². The monoisotopic (exact) mass is 191 g/mol. The number of nitrogens with zero attached hydrogens (tertiary/aromatic N) is 2.